The van der Waals surface area contributed by atoms with Gasteiger partial charge in [-0.2, -0.15) is 4.37 Å². The molecule has 1 N–H and O–H groups in total. The summed E-state index contributed by atoms with van der Waals surface area (Å²) < 4.78 is 14.4. The van der Waals surface area contributed by atoms with Gasteiger partial charge in [-0.15, -0.1) is 0 Å². The number of methoxy groups -OCH3 is 1. The Morgan fingerprint density at radius 1 is 1.44 bits per heavy atom. The number of carboxylic acid groups (broad SMARTS) is 1. The third-order valence-electron chi connectivity index (χ3n) is 2.29. The van der Waals surface area contributed by atoms with Gasteiger partial charge in [-0.1, -0.05) is 6.07 Å². The molecule has 18 heavy (non-hydrogen) atoms. The fourth-order valence-electron chi connectivity index (χ4n) is 1.38. The van der Waals surface area contributed by atoms with E-state index in [1.54, 1.807) is 25.3 Å². The van der Waals surface area contributed by atoms with Crippen molar-refractivity contribution in [2.24, 2.45) is 0 Å². The molecule has 0 unspecified atom stereocenters. The van der Waals surface area contributed by atoms with Gasteiger partial charge in [-0.25, -0.2) is 4.79 Å². The van der Waals surface area contributed by atoms with E-state index in [1.165, 1.54) is 6.20 Å². The molecular weight excluding hydrogens is 254 g/mol. The van der Waals surface area contributed by atoms with Crippen molar-refractivity contribution in [2.45, 2.75) is 6.61 Å². The van der Waals surface area contributed by atoms with Crippen LogP contribution in [0.5, 0.6) is 11.5 Å². The molecule has 94 valence electrons. The number of aromatic carboxylic acids is 1. The maximum absolute atomic E-state index is 10.9. The standard InChI is InChI=1S/C12H11NO4S/c1-16-8-3-2-4-9(5-8)17-7-11-10(12(14)15)6-13-18-11/h2-6H,7H2,1H3,(H,14,15). The van der Waals surface area contributed by atoms with Gasteiger partial charge in [-0.05, 0) is 23.7 Å². The molecule has 1 aromatic carbocycles. The van der Waals surface area contributed by atoms with Crippen LogP contribution in [-0.2, 0) is 6.61 Å². The first-order valence-corrected chi connectivity index (χ1v) is 5.91. The van der Waals surface area contributed by atoms with E-state index < -0.39 is 5.97 Å². The van der Waals surface area contributed by atoms with Gasteiger partial charge in [0.1, 0.15) is 18.1 Å². The lowest BCUT2D eigenvalue weighted by atomic mass is 10.3. The Balaban J connectivity index is 2.06. The summed E-state index contributed by atoms with van der Waals surface area (Å²) in [6.45, 7) is 0.180. The summed E-state index contributed by atoms with van der Waals surface area (Å²) in [5.41, 5.74) is 0.183. The van der Waals surface area contributed by atoms with Crippen molar-refractivity contribution >= 4 is 17.5 Å². The summed E-state index contributed by atoms with van der Waals surface area (Å²) in [6, 6.07) is 7.13. The summed E-state index contributed by atoms with van der Waals surface area (Å²) >= 11 is 1.12. The number of rotatable bonds is 5. The van der Waals surface area contributed by atoms with Gasteiger partial charge >= 0.3 is 5.97 Å². The monoisotopic (exact) mass is 265 g/mol. The van der Waals surface area contributed by atoms with Gasteiger partial charge in [0, 0.05) is 6.07 Å². The molecule has 1 aromatic heterocycles. The predicted octanol–water partition coefficient (Wildman–Crippen LogP) is 2.43. The Hall–Kier alpha value is -2.08. The van der Waals surface area contributed by atoms with Gasteiger partial charge in [0.15, 0.2) is 0 Å². The van der Waals surface area contributed by atoms with Crippen LogP contribution in [0.15, 0.2) is 30.5 Å². The van der Waals surface area contributed by atoms with Crippen LogP contribution >= 0.6 is 11.5 Å². The zero-order valence-electron chi connectivity index (χ0n) is 9.62. The molecule has 0 aliphatic rings. The van der Waals surface area contributed by atoms with E-state index >= 15 is 0 Å². The van der Waals surface area contributed by atoms with Crippen molar-refractivity contribution in [2.75, 3.05) is 7.11 Å². The molecule has 0 bridgehead atoms. The van der Waals surface area contributed by atoms with Crippen molar-refractivity contribution in [1.29, 1.82) is 0 Å². The van der Waals surface area contributed by atoms with E-state index in [9.17, 15) is 4.79 Å². The van der Waals surface area contributed by atoms with Crippen molar-refractivity contribution in [3.63, 3.8) is 0 Å². The minimum absolute atomic E-state index is 0.180. The molecule has 0 aliphatic carbocycles. The molecule has 0 spiro atoms. The van der Waals surface area contributed by atoms with Crippen LogP contribution in [-0.4, -0.2) is 22.6 Å². The van der Waals surface area contributed by atoms with Crippen molar-refractivity contribution in [1.82, 2.24) is 4.37 Å². The third kappa shape index (κ3) is 2.78. The predicted molar refractivity (Wildman–Crippen MR) is 66.4 cm³/mol. The lowest BCUT2D eigenvalue weighted by Crippen LogP contribution is -2.01. The second-order valence-corrected chi connectivity index (χ2v) is 4.32. The Bertz CT molecular complexity index is 553. The van der Waals surface area contributed by atoms with Crippen LogP contribution in [0.4, 0.5) is 0 Å². The van der Waals surface area contributed by atoms with Crippen LogP contribution in [0.2, 0.25) is 0 Å². The summed E-state index contributed by atoms with van der Waals surface area (Å²) in [5.74, 6) is 0.322. The van der Waals surface area contributed by atoms with Crippen molar-refractivity contribution < 1.29 is 19.4 Å². The molecule has 0 aliphatic heterocycles. The highest BCUT2D eigenvalue weighted by Crippen LogP contribution is 2.21. The maximum atomic E-state index is 10.9. The average Bonchev–Trinajstić information content (AvgIpc) is 2.85. The molecule has 0 radical (unpaired) electrons. The fourth-order valence-corrected chi connectivity index (χ4v) is 2.02. The number of ether oxygens (including phenoxy) is 2. The van der Waals surface area contributed by atoms with Gasteiger partial charge in [0.05, 0.1) is 23.7 Å². The summed E-state index contributed by atoms with van der Waals surface area (Å²) in [7, 11) is 1.57. The number of hydrogen-bond donors (Lipinski definition) is 1. The molecule has 1 heterocycles. The Labute approximate surface area is 108 Å². The molecule has 0 saturated heterocycles. The minimum atomic E-state index is -0.993. The molecule has 2 rings (SSSR count). The number of aromatic nitrogens is 1. The highest BCUT2D eigenvalue weighted by atomic mass is 32.1. The molecule has 2 aromatic rings. The van der Waals surface area contributed by atoms with Crippen molar-refractivity contribution in [3.8, 4) is 11.5 Å². The molecular formula is C12H11NO4S. The smallest absolute Gasteiger partial charge is 0.338 e. The number of carbonyl (C=O) groups is 1. The molecule has 6 heteroatoms. The van der Waals surface area contributed by atoms with Crippen LogP contribution in [0.25, 0.3) is 0 Å². The fraction of sp³-hybridized carbons (Fsp3) is 0.167. The third-order valence-corrected chi connectivity index (χ3v) is 3.06. The molecule has 5 nitrogen and oxygen atoms in total. The zero-order valence-corrected chi connectivity index (χ0v) is 10.4. The Morgan fingerprint density at radius 2 is 2.22 bits per heavy atom. The van der Waals surface area contributed by atoms with Gasteiger partial charge in [0.2, 0.25) is 0 Å². The largest absolute Gasteiger partial charge is 0.497 e. The lowest BCUT2D eigenvalue weighted by molar-refractivity contribution is 0.0694. The second kappa shape index (κ2) is 5.50. The summed E-state index contributed by atoms with van der Waals surface area (Å²) in [5, 5.41) is 8.93. The number of carboxylic acids is 1. The van der Waals surface area contributed by atoms with Gasteiger partial charge < -0.3 is 14.6 Å². The first-order valence-electron chi connectivity index (χ1n) is 5.14. The highest BCUT2D eigenvalue weighted by Gasteiger charge is 2.13. The average molecular weight is 265 g/mol. The van der Waals surface area contributed by atoms with E-state index in [-0.39, 0.29) is 12.2 Å². The summed E-state index contributed by atoms with van der Waals surface area (Å²) in [6.07, 6.45) is 1.33. The van der Waals surface area contributed by atoms with Gasteiger partial charge in [-0.3, -0.25) is 0 Å². The topological polar surface area (TPSA) is 68.7 Å². The first-order chi connectivity index (χ1) is 8.70. The normalized spacial score (nSPS) is 10.1. The van der Waals surface area contributed by atoms with E-state index in [2.05, 4.69) is 4.37 Å². The van der Waals surface area contributed by atoms with Crippen LogP contribution < -0.4 is 9.47 Å². The second-order valence-electron chi connectivity index (χ2n) is 3.44. The number of hydrogen-bond acceptors (Lipinski definition) is 5. The van der Waals surface area contributed by atoms with E-state index in [0.29, 0.717) is 16.4 Å². The molecule has 0 atom stereocenters. The first kappa shape index (κ1) is 12.4. The SMILES string of the molecule is COc1cccc(OCc2sncc2C(=O)O)c1. The lowest BCUT2D eigenvalue weighted by Gasteiger charge is -2.06. The summed E-state index contributed by atoms with van der Waals surface area (Å²) in [4.78, 5) is 11.5. The Kier molecular flexibility index (Phi) is 3.78. The van der Waals surface area contributed by atoms with Crippen LogP contribution in [0, 0.1) is 0 Å². The maximum Gasteiger partial charge on any atom is 0.338 e. The number of nitrogens with zero attached hydrogens (tertiary/aromatic N) is 1. The van der Waals surface area contributed by atoms with E-state index in [4.69, 9.17) is 14.6 Å². The minimum Gasteiger partial charge on any atom is -0.497 e. The van der Waals surface area contributed by atoms with Crippen molar-refractivity contribution in [3.05, 3.63) is 40.9 Å². The number of benzene rings is 1. The highest BCUT2D eigenvalue weighted by molar-refractivity contribution is 7.06. The Morgan fingerprint density at radius 3 is 2.94 bits per heavy atom. The molecule has 0 fully saturated rings. The molecule has 0 amide bonds. The van der Waals surface area contributed by atoms with Gasteiger partial charge in [0.25, 0.3) is 0 Å². The molecule has 0 saturated carbocycles. The van der Waals surface area contributed by atoms with Crippen LogP contribution in [0.1, 0.15) is 15.2 Å². The quantitative estimate of drug-likeness (QED) is 0.899. The van der Waals surface area contributed by atoms with Crippen LogP contribution in [0.3, 0.4) is 0 Å². The zero-order chi connectivity index (χ0) is 13.0. The van der Waals surface area contributed by atoms with E-state index in [0.717, 1.165) is 11.5 Å². The van der Waals surface area contributed by atoms with E-state index in [1.807, 2.05) is 6.07 Å².